The summed E-state index contributed by atoms with van der Waals surface area (Å²) in [5, 5.41) is 0. The number of aryl methyl sites for hydroxylation is 8. The zero-order valence-corrected chi connectivity index (χ0v) is 31.8. The molecule has 4 heteroatoms. The summed E-state index contributed by atoms with van der Waals surface area (Å²) in [6, 6.07) is 41.6. The summed E-state index contributed by atoms with van der Waals surface area (Å²) >= 11 is 0. The predicted octanol–water partition coefficient (Wildman–Crippen LogP) is 11.0. The second-order valence-corrected chi connectivity index (χ2v) is 15.3. The zero-order chi connectivity index (χ0) is 36.8. The molecule has 6 aromatic rings. The number of aliphatic imine (C=N–C) groups is 2. The Balaban J connectivity index is 1.08. The fraction of sp³-hybridized carbons (Fsp3) is 0.240. The highest BCUT2D eigenvalue weighted by molar-refractivity contribution is 6.04. The third-order valence-electron chi connectivity index (χ3n) is 11.1. The van der Waals surface area contributed by atoms with Gasteiger partial charge in [-0.1, -0.05) is 119 Å². The van der Waals surface area contributed by atoms with Crippen molar-refractivity contribution in [3.63, 3.8) is 0 Å². The van der Waals surface area contributed by atoms with Crippen LogP contribution in [0, 0.1) is 27.7 Å². The lowest BCUT2D eigenvalue weighted by Crippen LogP contribution is -2.06. The van der Waals surface area contributed by atoms with Crippen LogP contribution in [0.3, 0.4) is 0 Å². The highest BCUT2D eigenvalue weighted by atomic mass is 16.5. The molecular weight excluding hydrogens is 661 g/mol. The zero-order valence-electron chi connectivity index (χ0n) is 31.8. The molecule has 0 atom stereocenters. The van der Waals surface area contributed by atoms with Crippen molar-refractivity contribution in [3.05, 3.63) is 165 Å². The average molecular weight is 707 g/mol. The normalized spacial score (nSPS) is 15.0. The van der Waals surface area contributed by atoms with Crippen molar-refractivity contribution in [3.8, 4) is 44.5 Å². The Morgan fingerprint density at radius 2 is 0.796 bits per heavy atom. The summed E-state index contributed by atoms with van der Waals surface area (Å²) in [5.41, 5.74) is 22.4. The maximum absolute atomic E-state index is 6.10. The monoisotopic (exact) mass is 706 g/mol. The fourth-order valence-corrected chi connectivity index (χ4v) is 8.63. The number of rotatable bonds is 6. The first-order valence-corrected chi connectivity index (χ1v) is 19.4. The minimum atomic E-state index is 0.632. The largest absolute Gasteiger partial charge is 0.475 e. The molecule has 2 heterocycles. The van der Waals surface area contributed by atoms with Gasteiger partial charge in [-0.15, -0.1) is 0 Å². The second kappa shape index (κ2) is 14.2. The minimum absolute atomic E-state index is 0.632. The van der Waals surface area contributed by atoms with Gasteiger partial charge in [0.25, 0.3) is 0 Å². The Bertz CT molecular complexity index is 2290. The Morgan fingerprint density at radius 3 is 1.19 bits per heavy atom. The van der Waals surface area contributed by atoms with Gasteiger partial charge in [0.2, 0.25) is 11.8 Å². The van der Waals surface area contributed by atoms with Crippen molar-refractivity contribution >= 4 is 11.8 Å². The molecule has 54 heavy (non-hydrogen) atoms. The number of hydrogen-bond acceptors (Lipinski definition) is 4. The van der Waals surface area contributed by atoms with E-state index in [2.05, 4.69) is 137 Å². The van der Waals surface area contributed by atoms with Crippen LogP contribution in [0.25, 0.3) is 44.5 Å². The molecule has 0 saturated heterocycles. The lowest BCUT2D eigenvalue weighted by atomic mass is 9.86. The van der Waals surface area contributed by atoms with Crippen LogP contribution >= 0.6 is 0 Å². The smallest absolute Gasteiger partial charge is 0.216 e. The summed E-state index contributed by atoms with van der Waals surface area (Å²) in [4.78, 5) is 9.57. The van der Waals surface area contributed by atoms with Gasteiger partial charge in [-0.3, -0.25) is 0 Å². The van der Waals surface area contributed by atoms with E-state index >= 15 is 0 Å². The van der Waals surface area contributed by atoms with Crippen LogP contribution < -0.4 is 0 Å². The molecule has 0 aromatic heterocycles. The Morgan fingerprint density at radius 1 is 0.370 bits per heavy atom. The summed E-state index contributed by atoms with van der Waals surface area (Å²) in [7, 11) is 0. The molecular formula is C50H46N2O2. The first-order chi connectivity index (χ1) is 26.3. The van der Waals surface area contributed by atoms with E-state index in [4.69, 9.17) is 19.5 Å². The highest BCUT2D eigenvalue weighted by Crippen LogP contribution is 2.37. The molecule has 0 radical (unpaired) electrons. The van der Waals surface area contributed by atoms with Crippen molar-refractivity contribution in [1.29, 1.82) is 0 Å². The first kappa shape index (κ1) is 34.1. The number of ether oxygens (including phenoxy) is 2. The fourth-order valence-electron chi connectivity index (χ4n) is 8.63. The number of hydrogen-bond donors (Lipinski definition) is 0. The van der Waals surface area contributed by atoms with E-state index in [9.17, 15) is 0 Å². The van der Waals surface area contributed by atoms with Crippen molar-refractivity contribution in [2.45, 2.75) is 53.4 Å². The molecule has 4 aliphatic carbocycles. The number of nitrogens with zero attached hydrogens (tertiary/aromatic N) is 2. The minimum Gasteiger partial charge on any atom is -0.475 e. The van der Waals surface area contributed by atoms with Gasteiger partial charge in [0.1, 0.15) is 13.2 Å². The van der Waals surface area contributed by atoms with Crippen LogP contribution in [-0.4, -0.2) is 38.1 Å². The van der Waals surface area contributed by atoms with Crippen molar-refractivity contribution < 1.29 is 9.47 Å². The molecule has 6 aromatic carbocycles. The Labute approximate surface area is 319 Å². The van der Waals surface area contributed by atoms with Crippen LogP contribution in [0.15, 0.2) is 119 Å². The predicted molar refractivity (Wildman–Crippen MR) is 223 cm³/mol. The van der Waals surface area contributed by atoms with E-state index in [0.717, 1.165) is 48.6 Å². The van der Waals surface area contributed by atoms with E-state index in [-0.39, 0.29) is 0 Å². The topological polar surface area (TPSA) is 43.2 Å². The van der Waals surface area contributed by atoms with E-state index in [1.165, 1.54) is 89.0 Å². The molecule has 0 fully saturated rings. The van der Waals surface area contributed by atoms with Gasteiger partial charge in [0, 0.05) is 11.1 Å². The molecule has 2 aliphatic heterocycles. The average Bonchev–Trinajstić information content (AvgIpc) is 3.91. The van der Waals surface area contributed by atoms with Gasteiger partial charge in [0.15, 0.2) is 0 Å². The summed E-state index contributed by atoms with van der Waals surface area (Å²) in [5.74, 6) is 1.50. The Kier molecular flexibility index (Phi) is 8.98. The van der Waals surface area contributed by atoms with Crippen LogP contribution in [0.1, 0.15) is 55.6 Å². The highest BCUT2D eigenvalue weighted by Gasteiger charge is 2.21. The molecule has 0 amide bonds. The van der Waals surface area contributed by atoms with Crippen LogP contribution in [0.2, 0.25) is 0 Å². The summed E-state index contributed by atoms with van der Waals surface area (Å²) in [6.07, 6.45) is 3.79. The molecule has 4 nitrogen and oxygen atoms in total. The van der Waals surface area contributed by atoms with Crippen LogP contribution in [0.5, 0.6) is 0 Å². The lowest BCUT2D eigenvalue weighted by Gasteiger charge is -2.19. The van der Waals surface area contributed by atoms with Crippen molar-refractivity contribution in [1.82, 2.24) is 0 Å². The van der Waals surface area contributed by atoms with Crippen molar-refractivity contribution in [2.24, 2.45) is 9.98 Å². The van der Waals surface area contributed by atoms with Crippen molar-refractivity contribution in [2.75, 3.05) is 26.3 Å². The molecule has 0 N–H and O–H groups in total. The van der Waals surface area contributed by atoms with Gasteiger partial charge in [-0.2, -0.15) is 0 Å². The third-order valence-corrected chi connectivity index (χ3v) is 11.1. The second-order valence-electron chi connectivity index (χ2n) is 15.3. The van der Waals surface area contributed by atoms with E-state index in [1.54, 1.807) is 0 Å². The quantitative estimate of drug-likeness (QED) is 0.173. The van der Waals surface area contributed by atoms with E-state index < -0.39 is 0 Å². The summed E-state index contributed by atoms with van der Waals surface area (Å²) in [6.45, 7) is 11.3. The standard InChI is InChI=1S/C50H46N2O2/c1-31-21-32(2)24-41(23-31)43-15-13-39(29-47(43)49-51-17-19-53-49)45-27-35-5-9-37(45)11-7-36-6-10-38(12-8-35)46(28-36)40-14-16-44(42-25-33(3)22-34(4)26-42)48(30-40)50-52-18-20-54-50/h5-6,9-10,13-16,21-30H,7-8,11-12,17-20H2,1-4H3. The van der Waals surface area contributed by atoms with Gasteiger partial charge in [-0.05, 0) is 132 Å². The Hall–Kier alpha value is -5.74. The van der Waals surface area contributed by atoms with Gasteiger partial charge < -0.3 is 9.47 Å². The SMILES string of the molecule is Cc1cc(C)cc(-c2ccc(-c3cc4ccc3CCc3ccc(c(-c5ccc(-c6cc(C)cc(C)c6)c(C6=NCCO6)c5)c3)CC4)cc2C2=NCCO2)c1. The summed E-state index contributed by atoms with van der Waals surface area (Å²) < 4.78 is 12.2. The molecule has 0 unspecified atom stereocenters. The van der Waals surface area contributed by atoms with E-state index in [0.29, 0.717) is 26.3 Å². The first-order valence-electron chi connectivity index (χ1n) is 19.4. The van der Waals surface area contributed by atoms with Crippen LogP contribution in [-0.2, 0) is 35.2 Å². The number of benzene rings is 6. The molecule has 6 aliphatic rings. The maximum atomic E-state index is 6.10. The third kappa shape index (κ3) is 6.78. The molecule has 4 bridgehead atoms. The molecule has 12 rings (SSSR count). The molecule has 268 valence electrons. The lowest BCUT2D eigenvalue weighted by molar-refractivity contribution is 0.348. The van der Waals surface area contributed by atoms with Crippen LogP contribution in [0.4, 0.5) is 0 Å². The van der Waals surface area contributed by atoms with E-state index in [1.807, 2.05) is 0 Å². The molecule has 0 spiro atoms. The van der Waals surface area contributed by atoms with Gasteiger partial charge in [-0.25, -0.2) is 9.98 Å². The maximum Gasteiger partial charge on any atom is 0.216 e. The van der Waals surface area contributed by atoms with Gasteiger partial charge in [0.05, 0.1) is 13.1 Å². The molecule has 0 saturated carbocycles. The van der Waals surface area contributed by atoms with Gasteiger partial charge >= 0.3 is 0 Å².